The SMILES string of the molecule is CCCC(c1ccc(CCCCCCCCCCCCCc2ccc(C(CCC)c3ccc(N)cc3C)cc2)cc1)c1ccc(N)cc1C. The lowest BCUT2D eigenvalue weighted by molar-refractivity contribution is 0.545. The monoisotopic (exact) mass is 659 g/mol. The third-order valence-electron chi connectivity index (χ3n) is 10.7. The van der Waals surface area contributed by atoms with Crippen LogP contribution in [0.1, 0.15) is 167 Å². The Morgan fingerprint density at radius 2 is 0.755 bits per heavy atom. The van der Waals surface area contributed by atoms with Gasteiger partial charge in [0.05, 0.1) is 0 Å². The smallest absolute Gasteiger partial charge is 0.0316 e. The van der Waals surface area contributed by atoms with Crippen LogP contribution in [0.4, 0.5) is 11.4 Å². The molecule has 0 aliphatic carbocycles. The van der Waals surface area contributed by atoms with Crippen LogP contribution in [0.3, 0.4) is 0 Å². The van der Waals surface area contributed by atoms with Gasteiger partial charge in [-0.25, -0.2) is 0 Å². The van der Waals surface area contributed by atoms with E-state index in [0.29, 0.717) is 11.8 Å². The molecule has 4 rings (SSSR count). The Morgan fingerprint density at radius 1 is 0.429 bits per heavy atom. The number of hydrogen-bond acceptors (Lipinski definition) is 2. The normalized spacial score (nSPS) is 12.7. The summed E-state index contributed by atoms with van der Waals surface area (Å²) in [5, 5.41) is 0. The zero-order valence-electron chi connectivity index (χ0n) is 31.4. The summed E-state index contributed by atoms with van der Waals surface area (Å²) in [6, 6.07) is 31.8. The molecular formula is C47H66N2. The van der Waals surface area contributed by atoms with Gasteiger partial charge in [-0.3, -0.25) is 0 Å². The van der Waals surface area contributed by atoms with E-state index in [0.717, 1.165) is 11.4 Å². The molecule has 0 heterocycles. The first kappa shape index (κ1) is 38.3. The molecule has 0 radical (unpaired) electrons. The number of hydrogen-bond donors (Lipinski definition) is 2. The number of nitrogens with two attached hydrogens (primary N) is 2. The van der Waals surface area contributed by atoms with Crippen LogP contribution in [0.5, 0.6) is 0 Å². The van der Waals surface area contributed by atoms with Gasteiger partial charge in [-0.1, -0.05) is 145 Å². The topological polar surface area (TPSA) is 52.0 Å². The van der Waals surface area contributed by atoms with Crippen molar-refractivity contribution < 1.29 is 0 Å². The fourth-order valence-corrected chi connectivity index (χ4v) is 7.84. The van der Waals surface area contributed by atoms with E-state index < -0.39 is 0 Å². The third-order valence-corrected chi connectivity index (χ3v) is 10.7. The minimum Gasteiger partial charge on any atom is -0.399 e. The van der Waals surface area contributed by atoms with Crippen LogP contribution in [0.2, 0.25) is 0 Å². The summed E-state index contributed by atoms with van der Waals surface area (Å²) in [6.07, 6.45) is 22.2. The lowest BCUT2D eigenvalue weighted by Crippen LogP contribution is -2.04. The maximum absolute atomic E-state index is 6.02. The third kappa shape index (κ3) is 12.4. The molecule has 2 heteroatoms. The van der Waals surface area contributed by atoms with Gasteiger partial charge in [0.25, 0.3) is 0 Å². The van der Waals surface area contributed by atoms with Crippen molar-refractivity contribution >= 4 is 11.4 Å². The van der Waals surface area contributed by atoms with Gasteiger partial charge in [-0.05, 0) is 121 Å². The molecule has 264 valence electrons. The van der Waals surface area contributed by atoms with Crippen molar-refractivity contribution in [3.05, 3.63) is 129 Å². The first-order valence-corrected chi connectivity index (χ1v) is 19.8. The Labute approximate surface area is 300 Å². The Morgan fingerprint density at radius 3 is 1.06 bits per heavy atom. The van der Waals surface area contributed by atoms with Crippen molar-refractivity contribution in [2.24, 2.45) is 0 Å². The largest absolute Gasteiger partial charge is 0.399 e. The average molecular weight is 659 g/mol. The molecule has 4 aromatic carbocycles. The van der Waals surface area contributed by atoms with E-state index >= 15 is 0 Å². The highest BCUT2D eigenvalue weighted by Gasteiger charge is 2.17. The number of aryl methyl sites for hydroxylation is 4. The molecule has 4 N–H and O–H groups in total. The molecular weight excluding hydrogens is 593 g/mol. The summed E-state index contributed by atoms with van der Waals surface area (Å²) in [6.45, 7) is 8.95. The minimum atomic E-state index is 0.457. The van der Waals surface area contributed by atoms with Crippen LogP contribution >= 0.6 is 0 Å². The van der Waals surface area contributed by atoms with Gasteiger partial charge in [-0.2, -0.15) is 0 Å². The second kappa shape index (κ2) is 20.9. The fraction of sp³-hybridized carbons (Fsp3) is 0.489. The highest BCUT2D eigenvalue weighted by atomic mass is 14.5. The predicted octanol–water partition coefficient (Wildman–Crippen LogP) is 13.4. The first-order chi connectivity index (χ1) is 23.9. The van der Waals surface area contributed by atoms with E-state index in [9.17, 15) is 0 Å². The Bertz CT molecular complexity index is 1390. The minimum absolute atomic E-state index is 0.457. The molecule has 0 aromatic heterocycles. The van der Waals surface area contributed by atoms with Crippen molar-refractivity contribution in [2.45, 2.75) is 149 Å². The summed E-state index contributed by atoms with van der Waals surface area (Å²) in [5.74, 6) is 0.914. The van der Waals surface area contributed by atoms with Crippen molar-refractivity contribution in [3.8, 4) is 0 Å². The van der Waals surface area contributed by atoms with Crippen molar-refractivity contribution in [2.75, 3.05) is 11.5 Å². The molecule has 0 aliphatic rings. The summed E-state index contributed by atoms with van der Waals surface area (Å²) in [5.41, 5.74) is 25.0. The summed E-state index contributed by atoms with van der Waals surface area (Å²) in [7, 11) is 0. The van der Waals surface area contributed by atoms with Crippen LogP contribution in [0.15, 0.2) is 84.9 Å². The van der Waals surface area contributed by atoms with E-state index in [1.807, 2.05) is 0 Å². The van der Waals surface area contributed by atoms with Gasteiger partial charge < -0.3 is 11.5 Å². The van der Waals surface area contributed by atoms with Gasteiger partial charge in [0.15, 0.2) is 0 Å². The molecule has 2 nitrogen and oxygen atoms in total. The predicted molar refractivity (Wildman–Crippen MR) is 216 cm³/mol. The molecule has 0 fully saturated rings. The zero-order valence-corrected chi connectivity index (χ0v) is 31.4. The quantitative estimate of drug-likeness (QED) is 0.0652. The van der Waals surface area contributed by atoms with Crippen LogP contribution in [0, 0.1) is 13.8 Å². The molecule has 0 bridgehead atoms. The number of anilines is 2. The molecule has 0 saturated carbocycles. The second-order valence-corrected chi connectivity index (χ2v) is 14.8. The molecule has 0 spiro atoms. The molecule has 0 saturated heterocycles. The second-order valence-electron chi connectivity index (χ2n) is 14.8. The van der Waals surface area contributed by atoms with Gasteiger partial charge in [-0.15, -0.1) is 0 Å². The lowest BCUT2D eigenvalue weighted by Gasteiger charge is -2.20. The zero-order chi connectivity index (χ0) is 34.8. The molecule has 2 atom stereocenters. The first-order valence-electron chi connectivity index (χ1n) is 19.8. The Hall–Kier alpha value is -3.52. The van der Waals surface area contributed by atoms with E-state index in [-0.39, 0.29) is 0 Å². The molecule has 2 unspecified atom stereocenters. The average Bonchev–Trinajstić information content (AvgIpc) is 3.09. The van der Waals surface area contributed by atoms with Crippen LogP contribution in [0.25, 0.3) is 0 Å². The van der Waals surface area contributed by atoms with Gasteiger partial charge in [0.2, 0.25) is 0 Å². The van der Waals surface area contributed by atoms with E-state index in [1.165, 1.54) is 154 Å². The Balaban J connectivity index is 1.03. The maximum atomic E-state index is 6.02. The van der Waals surface area contributed by atoms with E-state index in [4.69, 9.17) is 11.5 Å². The fourth-order valence-electron chi connectivity index (χ4n) is 7.84. The standard InChI is InChI=1S/C47H66N2/c1-5-18-46(44-32-30-42(48)34-36(44)3)40-26-22-38(23-27-40)20-16-14-12-10-8-7-9-11-13-15-17-21-39-24-28-41(29-25-39)47(19-6-2)45-33-31-43(49)35-37(45)4/h22-35,46-47H,5-21,48-49H2,1-4H3. The summed E-state index contributed by atoms with van der Waals surface area (Å²) < 4.78 is 0. The summed E-state index contributed by atoms with van der Waals surface area (Å²) >= 11 is 0. The number of unbranched alkanes of at least 4 members (excludes halogenated alkanes) is 10. The molecule has 49 heavy (non-hydrogen) atoms. The highest BCUT2D eigenvalue weighted by molar-refractivity contribution is 5.49. The van der Waals surface area contributed by atoms with E-state index in [2.05, 4.69) is 113 Å². The Kier molecular flexibility index (Phi) is 16.3. The van der Waals surface area contributed by atoms with Gasteiger partial charge in [0.1, 0.15) is 0 Å². The highest BCUT2D eigenvalue weighted by Crippen LogP contribution is 2.34. The van der Waals surface area contributed by atoms with Gasteiger partial charge >= 0.3 is 0 Å². The van der Waals surface area contributed by atoms with Crippen LogP contribution in [-0.2, 0) is 12.8 Å². The van der Waals surface area contributed by atoms with Crippen molar-refractivity contribution in [1.29, 1.82) is 0 Å². The number of rotatable bonds is 22. The number of nitrogen functional groups attached to an aromatic ring is 2. The number of benzene rings is 4. The van der Waals surface area contributed by atoms with Gasteiger partial charge in [0, 0.05) is 23.2 Å². The van der Waals surface area contributed by atoms with Crippen molar-refractivity contribution in [1.82, 2.24) is 0 Å². The lowest BCUT2D eigenvalue weighted by atomic mass is 9.84. The molecule has 4 aromatic rings. The van der Waals surface area contributed by atoms with Crippen LogP contribution < -0.4 is 11.5 Å². The van der Waals surface area contributed by atoms with Crippen LogP contribution in [-0.4, -0.2) is 0 Å². The summed E-state index contributed by atoms with van der Waals surface area (Å²) in [4.78, 5) is 0. The maximum Gasteiger partial charge on any atom is 0.0316 e. The van der Waals surface area contributed by atoms with E-state index in [1.54, 1.807) is 0 Å². The molecule has 0 aliphatic heterocycles. The molecule has 0 amide bonds. The van der Waals surface area contributed by atoms with Crippen molar-refractivity contribution in [3.63, 3.8) is 0 Å².